The Labute approximate surface area is 166 Å². The van der Waals surface area contributed by atoms with Gasteiger partial charge in [0.1, 0.15) is 11.3 Å². The van der Waals surface area contributed by atoms with Crippen LogP contribution >= 0.6 is 0 Å². The van der Waals surface area contributed by atoms with Crippen LogP contribution in [0, 0.1) is 5.92 Å². The summed E-state index contributed by atoms with van der Waals surface area (Å²) in [5.74, 6) is -1.01. The average Bonchev–Trinajstić information content (AvgIpc) is 2.62. The van der Waals surface area contributed by atoms with E-state index in [0.717, 1.165) is 24.6 Å². The molecule has 0 aliphatic carbocycles. The average molecular weight is 387 g/mol. The molecule has 3 rings (SSSR count). The first-order chi connectivity index (χ1) is 13.3. The molecule has 1 aromatic carbocycles. The number of carbonyl (C=O) groups excluding carboxylic acids is 2. The molecule has 2 saturated heterocycles. The lowest BCUT2D eigenvalue weighted by Gasteiger charge is -2.30. The second kappa shape index (κ2) is 8.78. The largest absolute Gasteiger partial charge is 0.494 e. The number of hydrogen-bond donors (Lipinski definition) is 0. The number of rotatable bonds is 6. The molecule has 6 nitrogen and oxygen atoms in total. The zero-order valence-corrected chi connectivity index (χ0v) is 16.9. The van der Waals surface area contributed by atoms with Crippen LogP contribution in [0.2, 0.25) is 0 Å². The molecule has 0 saturated carbocycles. The molecule has 0 radical (unpaired) electrons. The molecule has 152 valence electrons. The normalized spacial score (nSPS) is 22.4. The van der Waals surface area contributed by atoms with E-state index in [1.807, 2.05) is 12.1 Å². The molecule has 0 bridgehead atoms. The Morgan fingerprint density at radius 3 is 2.50 bits per heavy atom. The van der Waals surface area contributed by atoms with Crippen LogP contribution in [-0.4, -0.2) is 48.9 Å². The van der Waals surface area contributed by atoms with E-state index in [1.54, 1.807) is 12.1 Å². The Bertz CT molecular complexity index is 716. The molecule has 6 heteroatoms. The fraction of sp³-hybridized carbons (Fsp3) is 0.545. The van der Waals surface area contributed by atoms with Crippen LogP contribution in [0.5, 0.6) is 5.75 Å². The highest BCUT2D eigenvalue weighted by Gasteiger charge is 2.38. The van der Waals surface area contributed by atoms with Gasteiger partial charge in [-0.2, -0.15) is 0 Å². The lowest BCUT2D eigenvalue weighted by Crippen LogP contribution is -2.41. The van der Waals surface area contributed by atoms with E-state index in [9.17, 15) is 9.59 Å². The van der Waals surface area contributed by atoms with E-state index in [-0.39, 0.29) is 5.57 Å². The maximum absolute atomic E-state index is 12.0. The number of ether oxygens (including phenoxy) is 3. The van der Waals surface area contributed by atoms with Crippen LogP contribution in [0.1, 0.15) is 45.6 Å². The van der Waals surface area contributed by atoms with Crippen molar-refractivity contribution in [3.63, 3.8) is 0 Å². The Morgan fingerprint density at radius 2 is 1.86 bits per heavy atom. The van der Waals surface area contributed by atoms with Gasteiger partial charge in [-0.1, -0.05) is 19.1 Å². The highest BCUT2D eigenvalue weighted by Crippen LogP contribution is 2.24. The van der Waals surface area contributed by atoms with E-state index in [1.165, 1.54) is 45.9 Å². The number of benzene rings is 1. The number of likely N-dealkylation sites (tertiary alicyclic amines) is 1. The number of esters is 2. The Balaban J connectivity index is 1.48. The minimum atomic E-state index is -1.23. The van der Waals surface area contributed by atoms with E-state index in [2.05, 4.69) is 11.8 Å². The van der Waals surface area contributed by atoms with Crippen LogP contribution in [0.4, 0.5) is 0 Å². The summed E-state index contributed by atoms with van der Waals surface area (Å²) >= 11 is 0. The molecule has 0 aromatic heterocycles. The van der Waals surface area contributed by atoms with Crippen molar-refractivity contribution in [2.24, 2.45) is 5.92 Å². The summed E-state index contributed by atoms with van der Waals surface area (Å²) < 4.78 is 16.0. The van der Waals surface area contributed by atoms with Crippen LogP contribution < -0.4 is 4.74 Å². The van der Waals surface area contributed by atoms with Crippen LogP contribution in [0.3, 0.4) is 0 Å². The summed E-state index contributed by atoms with van der Waals surface area (Å²) in [6, 6.07) is 7.27. The van der Waals surface area contributed by atoms with Gasteiger partial charge in [-0.15, -0.1) is 0 Å². The van der Waals surface area contributed by atoms with Gasteiger partial charge < -0.3 is 19.1 Å². The summed E-state index contributed by atoms with van der Waals surface area (Å²) in [5.41, 5.74) is 0.599. The minimum Gasteiger partial charge on any atom is -0.494 e. The van der Waals surface area contributed by atoms with Crippen molar-refractivity contribution in [3.8, 4) is 5.75 Å². The maximum Gasteiger partial charge on any atom is 0.348 e. The van der Waals surface area contributed by atoms with Gasteiger partial charge in [0.2, 0.25) is 0 Å². The first kappa shape index (κ1) is 20.4. The van der Waals surface area contributed by atoms with Gasteiger partial charge in [0, 0.05) is 26.9 Å². The molecular weight excluding hydrogens is 358 g/mol. The maximum atomic E-state index is 12.0. The van der Waals surface area contributed by atoms with Gasteiger partial charge in [-0.25, -0.2) is 9.59 Å². The molecule has 2 heterocycles. The fourth-order valence-electron chi connectivity index (χ4n) is 3.57. The standard InChI is InChI=1S/C22H29NO5/c1-16-6-4-11-23(15-16)12-5-13-26-18-9-7-17(8-10-18)14-19-20(24)27-22(2,3)28-21(19)25/h7-10,14,16H,4-6,11-13,15H2,1-3H3. The molecule has 2 aliphatic rings. The van der Waals surface area contributed by atoms with Crippen molar-refractivity contribution in [2.45, 2.75) is 45.8 Å². The zero-order chi connectivity index (χ0) is 20.1. The number of carbonyl (C=O) groups is 2. The zero-order valence-electron chi connectivity index (χ0n) is 16.9. The molecule has 1 aromatic rings. The molecule has 2 aliphatic heterocycles. The van der Waals surface area contributed by atoms with Crippen molar-refractivity contribution in [3.05, 3.63) is 35.4 Å². The molecule has 28 heavy (non-hydrogen) atoms. The SMILES string of the molecule is CC1CCCN(CCCOc2ccc(C=C3C(=O)OC(C)(C)OC3=O)cc2)C1. The van der Waals surface area contributed by atoms with Gasteiger partial charge in [-0.05, 0) is 55.5 Å². The first-order valence-electron chi connectivity index (χ1n) is 9.96. The predicted octanol–water partition coefficient (Wildman–Crippen LogP) is 3.41. The number of piperidine rings is 1. The summed E-state index contributed by atoms with van der Waals surface area (Å²) in [7, 11) is 0. The van der Waals surface area contributed by atoms with Crippen molar-refractivity contribution < 1.29 is 23.8 Å². The molecule has 0 amide bonds. The van der Waals surface area contributed by atoms with E-state index in [4.69, 9.17) is 14.2 Å². The quantitative estimate of drug-likeness (QED) is 0.323. The number of nitrogens with zero attached hydrogens (tertiary/aromatic N) is 1. The minimum absolute atomic E-state index is 0.108. The Kier molecular flexibility index (Phi) is 6.39. The van der Waals surface area contributed by atoms with E-state index >= 15 is 0 Å². The first-order valence-corrected chi connectivity index (χ1v) is 9.96. The highest BCUT2D eigenvalue weighted by molar-refractivity contribution is 6.18. The molecular formula is C22H29NO5. The molecule has 0 spiro atoms. The second-order valence-electron chi connectivity index (χ2n) is 8.06. The smallest absolute Gasteiger partial charge is 0.348 e. The van der Waals surface area contributed by atoms with E-state index < -0.39 is 17.7 Å². The van der Waals surface area contributed by atoms with E-state index in [0.29, 0.717) is 12.2 Å². The monoisotopic (exact) mass is 387 g/mol. The summed E-state index contributed by atoms with van der Waals surface area (Å²) in [5, 5.41) is 0. The predicted molar refractivity (Wildman–Crippen MR) is 106 cm³/mol. The summed E-state index contributed by atoms with van der Waals surface area (Å²) in [6.07, 6.45) is 5.09. The van der Waals surface area contributed by atoms with Gasteiger partial charge in [0.15, 0.2) is 0 Å². The van der Waals surface area contributed by atoms with Crippen LogP contribution in [0.15, 0.2) is 29.8 Å². The highest BCUT2D eigenvalue weighted by atomic mass is 16.7. The van der Waals surface area contributed by atoms with Crippen LogP contribution in [0.25, 0.3) is 6.08 Å². The molecule has 2 fully saturated rings. The summed E-state index contributed by atoms with van der Waals surface area (Å²) in [4.78, 5) is 26.5. The Morgan fingerprint density at radius 1 is 1.18 bits per heavy atom. The third-order valence-corrected chi connectivity index (χ3v) is 4.94. The number of hydrogen-bond acceptors (Lipinski definition) is 6. The molecule has 1 unspecified atom stereocenters. The molecule has 0 N–H and O–H groups in total. The van der Waals surface area contributed by atoms with Crippen molar-refractivity contribution >= 4 is 18.0 Å². The topological polar surface area (TPSA) is 65.1 Å². The Hall–Kier alpha value is -2.34. The summed E-state index contributed by atoms with van der Waals surface area (Å²) in [6.45, 7) is 9.47. The molecule has 1 atom stereocenters. The van der Waals surface area contributed by atoms with Gasteiger partial charge in [0.25, 0.3) is 5.79 Å². The van der Waals surface area contributed by atoms with Crippen molar-refractivity contribution in [1.29, 1.82) is 0 Å². The van der Waals surface area contributed by atoms with Crippen molar-refractivity contribution in [1.82, 2.24) is 4.90 Å². The fourth-order valence-corrected chi connectivity index (χ4v) is 3.57. The van der Waals surface area contributed by atoms with Crippen LogP contribution in [-0.2, 0) is 19.1 Å². The lowest BCUT2D eigenvalue weighted by atomic mass is 10.0. The lowest BCUT2D eigenvalue weighted by molar-refractivity contribution is -0.222. The van der Waals surface area contributed by atoms with Gasteiger partial charge >= 0.3 is 11.9 Å². The number of cyclic esters (lactones) is 2. The van der Waals surface area contributed by atoms with Gasteiger partial charge in [-0.3, -0.25) is 0 Å². The third-order valence-electron chi connectivity index (χ3n) is 4.94. The van der Waals surface area contributed by atoms with Crippen molar-refractivity contribution in [2.75, 3.05) is 26.2 Å². The third kappa shape index (κ3) is 5.58. The van der Waals surface area contributed by atoms with Gasteiger partial charge in [0.05, 0.1) is 6.61 Å². The second-order valence-corrected chi connectivity index (χ2v) is 8.06.